The molecule has 4 heteroatoms. The fourth-order valence-electron chi connectivity index (χ4n) is 2.38. The van der Waals surface area contributed by atoms with Gasteiger partial charge in [-0.15, -0.1) is 0 Å². The number of rotatable bonds is 5. The molecule has 0 radical (unpaired) electrons. The van der Waals surface area contributed by atoms with Crippen LogP contribution in [0.25, 0.3) is 10.2 Å². The van der Waals surface area contributed by atoms with Gasteiger partial charge in [0.2, 0.25) is 5.91 Å². The molecule has 3 nitrogen and oxygen atoms in total. The summed E-state index contributed by atoms with van der Waals surface area (Å²) in [6, 6.07) is 18.2. The van der Waals surface area contributed by atoms with Crippen LogP contribution >= 0.6 is 11.3 Å². The number of nitrogens with zero attached hydrogens (tertiary/aromatic N) is 2. The van der Waals surface area contributed by atoms with Crippen molar-refractivity contribution in [1.29, 1.82) is 0 Å². The number of carbonyl (C=O) groups is 1. The first-order valence-corrected chi connectivity index (χ1v) is 8.29. The molecule has 0 unspecified atom stereocenters. The number of amides is 1. The zero-order chi connectivity index (χ0) is 15.4. The molecular formula is C18H18N2OS. The van der Waals surface area contributed by atoms with E-state index in [1.165, 1.54) is 5.56 Å². The smallest absolute Gasteiger partial charge is 0.228 e. The number of carbonyl (C=O) groups excluding carboxylic acids is 1. The summed E-state index contributed by atoms with van der Waals surface area (Å²) >= 11 is 1.58. The van der Waals surface area contributed by atoms with Gasteiger partial charge < -0.3 is 0 Å². The molecule has 0 bridgehead atoms. The second-order valence-corrected chi connectivity index (χ2v) is 6.11. The summed E-state index contributed by atoms with van der Waals surface area (Å²) in [5.74, 6) is 0.120. The predicted molar refractivity (Wildman–Crippen MR) is 92.4 cm³/mol. The van der Waals surface area contributed by atoms with E-state index in [2.05, 4.69) is 17.1 Å². The van der Waals surface area contributed by atoms with Crippen LogP contribution in [-0.4, -0.2) is 17.4 Å². The van der Waals surface area contributed by atoms with E-state index in [-0.39, 0.29) is 5.91 Å². The zero-order valence-corrected chi connectivity index (χ0v) is 13.3. The average molecular weight is 310 g/mol. The van der Waals surface area contributed by atoms with E-state index < -0.39 is 0 Å². The van der Waals surface area contributed by atoms with Crippen LogP contribution in [-0.2, 0) is 11.2 Å². The maximum atomic E-state index is 12.3. The Morgan fingerprint density at radius 1 is 1.09 bits per heavy atom. The minimum absolute atomic E-state index is 0.120. The number of para-hydroxylation sites is 1. The van der Waals surface area contributed by atoms with E-state index in [1.807, 2.05) is 54.3 Å². The molecule has 1 amide bonds. The van der Waals surface area contributed by atoms with Crippen molar-refractivity contribution in [2.75, 3.05) is 11.4 Å². The van der Waals surface area contributed by atoms with Gasteiger partial charge in [0.25, 0.3) is 0 Å². The minimum Gasteiger partial charge on any atom is -0.288 e. The molecule has 3 rings (SSSR count). The normalized spacial score (nSPS) is 10.8. The van der Waals surface area contributed by atoms with Gasteiger partial charge >= 0.3 is 0 Å². The highest BCUT2D eigenvalue weighted by atomic mass is 32.1. The Morgan fingerprint density at radius 2 is 1.82 bits per heavy atom. The molecule has 0 aliphatic heterocycles. The highest BCUT2D eigenvalue weighted by Gasteiger charge is 2.17. The minimum atomic E-state index is 0.120. The zero-order valence-electron chi connectivity index (χ0n) is 12.5. The van der Waals surface area contributed by atoms with E-state index in [9.17, 15) is 4.79 Å². The molecule has 0 aliphatic rings. The summed E-state index contributed by atoms with van der Waals surface area (Å²) in [5.41, 5.74) is 2.19. The fraction of sp³-hybridized carbons (Fsp3) is 0.222. The number of aromatic nitrogens is 1. The second kappa shape index (κ2) is 6.71. The van der Waals surface area contributed by atoms with Crippen LogP contribution in [0.4, 0.5) is 5.13 Å². The van der Waals surface area contributed by atoms with Gasteiger partial charge in [0.15, 0.2) is 5.13 Å². The first-order chi connectivity index (χ1) is 10.8. The van der Waals surface area contributed by atoms with E-state index in [0.29, 0.717) is 13.0 Å². The number of anilines is 1. The standard InChI is InChI=1S/C18H18N2OS/c1-2-17(21)20(13-12-14-8-4-3-5-9-14)18-19-15-10-6-7-11-16(15)22-18/h3-11H,2,12-13H2,1H3. The van der Waals surface area contributed by atoms with Gasteiger partial charge in [-0.3, -0.25) is 9.69 Å². The van der Waals surface area contributed by atoms with E-state index >= 15 is 0 Å². The van der Waals surface area contributed by atoms with Crippen LogP contribution < -0.4 is 4.90 Å². The van der Waals surface area contributed by atoms with Gasteiger partial charge in [-0.2, -0.15) is 0 Å². The number of hydrogen-bond donors (Lipinski definition) is 0. The fourth-order valence-corrected chi connectivity index (χ4v) is 3.39. The van der Waals surface area contributed by atoms with E-state index in [0.717, 1.165) is 21.8 Å². The van der Waals surface area contributed by atoms with Gasteiger partial charge in [0.1, 0.15) is 0 Å². The summed E-state index contributed by atoms with van der Waals surface area (Å²) in [7, 11) is 0. The highest BCUT2D eigenvalue weighted by molar-refractivity contribution is 7.22. The number of benzene rings is 2. The first kappa shape index (κ1) is 14.7. The molecule has 3 aromatic rings. The van der Waals surface area contributed by atoms with E-state index in [1.54, 1.807) is 11.3 Å². The van der Waals surface area contributed by atoms with Crippen molar-refractivity contribution in [2.24, 2.45) is 0 Å². The van der Waals surface area contributed by atoms with Crippen LogP contribution in [0.3, 0.4) is 0 Å². The van der Waals surface area contributed by atoms with Crippen molar-refractivity contribution in [3.8, 4) is 0 Å². The second-order valence-electron chi connectivity index (χ2n) is 5.10. The molecule has 0 spiro atoms. The third-order valence-electron chi connectivity index (χ3n) is 3.58. The van der Waals surface area contributed by atoms with Crippen molar-refractivity contribution in [2.45, 2.75) is 19.8 Å². The molecule has 1 aromatic heterocycles. The molecule has 0 saturated carbocycles. The summed E-state index contributed by atoms with van der Waals surface area (Å²) in [6.07, 6.45) is 1.33. The summed E-state index contributed by atoms with van der Waals surface area (Å²) in [6.45, 7) is 2.56. The van der Waals surface area contributed by atoms with Crippen molar-refractivity contribution < 1.29 is 4.79 Å². The lowest BCUT2D eigenvalue weighted by atomic mass is 10.1. The van der Waals surface area contributed by atoms with Crippen LogP contribution in [0.1, 0.15) is 18.9 Å². The molecule has 22 heavy (non-hydrogen) atoms. The van der Waals surface area contributed by atoms with E-state index in [4.69, 9.17) is 0 Å². The van der Waals surface area contributed by atoms with Crippen LogP contribution in [0.15, 0.2) is 54.6 Å². The lowest BCUT2D eigenvalue weighted by molar-refractivity contribution is -0.118. The lowest BCUT2D eigenvalue weighted by Crippen LogP contribution is -2.32. The van der Waals surface area contributed by atoms with Gasteiger partial charge in [-0.1, -0.05) is 60.7 Å². The van der Waals surface area contributed by atoms with Gasteiger partial charge in [-0.25, -0.2) is 4.98 Å². The van der Waals surface area contributed by atoms with Crippen molar-refractivity contribution in [3.05, 3.63) is 60.2 Å². The van der Waals surface area contributed by atoms with Crippen molar-refractivity contribution >= 4 is 32.6 Å². The summed E-state index contributed by atoms with van der Waals surface area (Å²) < 4.78 is 1.12. The maximum absolute atomic E-state index is 12.3. The van der Waals surface area contributed by atoms with Crippen molar-refractivity contribution in [3.63, 3.8) is 0 Å². The number of hydrogen-bond acceptors (Lipinski definition) is 3. The molecule has 0 atom stereocenters. The molecule has 0 saturated heterocycles. The third kappa shape index (κ3) is 3.17. The largest absolute Gasteiger partial charge is 0.288 e. The number of fused-ring (bicyclic) bond motifs is 1. The molecule has 112 valence electrons. The summed E-state index contributed by atoms with van der Waals surface area (Å²) in [5, 5.41) is 0.795. The average Bonchev–Trinajstić information content (AvgIpc) is 2.99. The maximum Gasteiger partial charge on any atom is 0.228 e. The Morgan fingerprint density at radius 3 is 2.55 bits per heavy atom. The predicted octanol–water partition coefficient (Wildman–Crippen LogP) is 4.28. The Balaban J connectivity index is 1.84. The lowest BCUT2D eigenvalue weighted by Gasteiger charge is -2.19. The Labute approximate surface area is 134 Å². The quantitative estimate of drug-likeness (QED) is 0.704. The Kier molecular flexibility index (Phi) is 4.49. The molecule has 0 fully saturated rings. The van der Waals surface area contributed by atoms with Crippen LogP contribution in [0, 0.1) is 0 Å². The SMILES string of the molecule is CCC(=O)N(CCc1ccccc1)c1nc2ccccc2s1. The topological polar surface area (TPSA) is 33.2 Å². The molecule has 1 heterocycles. The molecule has 0 aliphatic carbocycles. The van der Waals surface area contributed by atoms with Crippen molar-refractivity contribution in [1.82, 2.24) is 4.98 Å². The highest BCUT2D eigenvalue weighted by Crippen LogP contribution is 2.29. The van der Waals surface area contributed by atoms with Gasteiger partial charge in [-0.05, 0) is 24.1 Å². The first-order valence-electron chi connectivity index (χ1n) is 7.48. The molecular weight excluding hydrogens is 292 g/mol. The van der Waals surface area contributed by atoms with Crippen LogP contribution in [0.2, 0.25) is 0 Å². The Bertz CT molecular complexity index is 734. The van der Waals surface area contributed by atoms with Crippen LogP contribution in [0.5, 0.6) is 0 Å². The monoisotopic (exact) mass is 310 g/mol. The third-order valence-corrected chi connectivity index (χ3v) is 4.64. The molecule has 0 N–H and O–H groups in total. The molecule has 2 aromatic carbocycles. The van der Waals surface area contributed by atoms with Gasteiger partial charge in [0.05, 0.1) is 10.2 Å². The van der Waals surface area contributed by atoms with Gasteiger partial charge in [0, 0.05) is 13.0 Å². The Hall–Kier alpha value is -2.20. The summed E-state index contributed by atoms with van der Waals surface area (Å²) in [4.78, 5) is 18.7. The number of thiazole rings is 1.